The Hall–Kier alpha value is 0.779. The van der Waals surface area contributed by atoms with E-state index in [-0.39, 0.29) is 125 Å². The molecule has 0 spiro atoms. The van der Waals surface area contributed by atoms with Crippen LogP contribution >= 0.6 is 0 Å². The molecule has 7 rings (SSSR count). The summed E-state index contributed by atoms with van der Waals surface area (Å²) >= 11 is 0. The summed E-state index contributed by atoms with van der Waals surface area (Å²) in [6, 6.07) is 22.9. The standard InChI is InChI=1S/C20H14O2.C15H26.C2H6.3Ar/c21-17-11-9-13-5-1-3-7-15(13)19(17)20-16-8-4-2-6-14(16)10-12-18(20)22;1-15(2)13-9-5-3-7-11(13)12-8-4-6-10-14(12)15;1-2;;;/h1-12,21-22H;11-14H,3-10H2,1-2H3;1-2H3;;;. The minimum atomic E-state index is 0. The van der Waals surface area contributed by atoms with Crippen molar-refractivity contribution in [3.05, 3.63) is 72.8 Å². The molecule has 3 fully saturated rings. The Morgan fingerprint density at radius 1 is 0.524 bits per heavy atom. The number of phenolic OH excluding ortho intramolecular Hbond substituents is 2. The fourth-order valence-electron chi connectivity index (χ4n) is 8.51. The number of fused-ring (bicyclic) bond motifs is 5. The van der Waals surface area contributed by atoms with Crippen LogP contribution in [0.2, 0.25) is 0 Å². The predicted octanol–water partition coefficient (Wildman–Crippen LogP) is 10.7. The molecule has 2 nitrogen and oxygen atoms in total. The van der Waals surface area contributed by atoms with Crippen molar-refractivity contribution >= 4 is 21.5 Å². The average molecular weight is 643 g/mol. The monoisotopic (exact) mass is 642 g/mol. The van der Waals surface area contributed by atoms with Gasteiger partial charge in [0.15, 0.2) is 0 Å². The Kier molecular flexibility index (Phi) is 16.4. The van der Waals surface area contributed by atoms with Crippen LogP contribution in [0, 0.1) is 142 Å². The molecule has 4 aromatic carbocycles. The SMILES string of the molecule is CC.CC1(C)C2CCCCC2C2CCCCC21.Oc1ccc2ccccc2c1-c1c(O)ccc2ccccc12.[Ar].[Ar].[Ar]. The second kappa shape index (κ2) is 17.6. The first-order valence-corrected chi connectivity index (χ1v) is 15.4. The number of aromatic hydroxyl groups is 2. The van der Waals surface area contributed by atoms with Crippen LogP contribution < -0.4 is 0 Å². The van der Waals surface area contributed by atoms with E-state index in [0.717, 1.165) is 45.2 Å². The first-order valence-electron chi connectivity index (χ1n) is 15.4. The molecule has 0 saturated heterocycles. The Morgan fingerprint density at radius 2 is 0.881 bits per heavy atom. The summed E-state index contributed by atoms with van der Waals surface area (Å²) in [5.41, 5.74) is 2.02. The molecule has 0 radical (unpaired) electrons. The Bertz CT molecular complexity index is 1330. The number of hydrogen-bond acceptors (Lipinski definition) is 2. The molecule has 0 heterocycles. The van der Waals surface area contributed by atoms with Crippen LogP contribution in [0.5, 0.6) is 11.5 Å². The minimum absolute atomic E-state index is 0. The van der Waals surface area contributed by atoms with Gasteiger partial charge < -0.3 is 10.2 Å². The van der Waals surface area contributed by atoms with Gasteiger partial charge >= 0.3 is 0 Å². The molecule has 0 aliphatic heterocycles. The third kappa shape index (κ3) is 7.83. The van der Waals surface area contributed by atoms with E-state index in [1.807, 2.05) is 74.5 Å². The molecular formula is C37H46Ar3O2. The Morgan fingerprint density at radius 3 is 1.29 bits per heavy atom. The van der Waals surface area contributed by atoms with Crippen molar-refractivity contribution in [1.29, 1.82) is 0 Å². The molecule has 3 aliphatic carbocycles. The molecule has 4 aromatic rings. The molecule has 0 amide bonds. The molecule has 3 saturated carbocycles. The molecule has 0 aromatic heterocycles. The van der Waals surface area contributed by atoms with Crippen LogP contribution in [0.4, 0.5) is 0 Å². The summed E-state index contributed by atoms with van der Waals surface area (Å²) in [7, 11) is 0. The molecule has 3 aliphatic rings. The third-order valence-corrected chi connectivity index (χ3v) is 10.2. The van der Waals surface area contributed by atoms with Crippen LogP contribution in [-0.4, -0.2) is 10.2 Å². The van der Waals surface area contributed by atoms with Crippen LogP contribution in [0.15, 0.2) is 72.8 Å². The van der Waals surface area contributed by atoms with E-state index in [4.69, 9.17) is 0 Å². The van der Waals surface area contributed by atoms with E-state index >= 15 is 0 Å². The summed E-state index contributed by atoms with van der Waals surface area (Å²) in [6.07, 6.45) is 12.3. The fraction of sp³-hybridized carbons (Fsp3) is 0.459. The molecule has 2 N–H and O–H groups in total. The van der Waals surface area contributed by atoms with Gasteiger partial charge in [0.05, 0.1) is 0 Å². The van der Waals surface area contributed by atoms with Crippen molar-refractivity contribution in [2.75, 3.05) is 0 Å². The smallest absolute Gasteiger partial charge is 0.124 e. The van der Waals surface area contributed by atoms with Crippen molar-refractivity contribution < 1.29 is 123 Å². The van der Waals surface area contributed by atoms with Gasteiger partial charge in [-0.1, -0.05) is 114 Å². The second-order valence-electron chi connectivity index (χ2n) is 12.3. The summed E-state index contributed by atoms with van der Waals surface area (Å²) < 4.78 is 0. The molecule has 5 heteroatoms. The zero-order valence-corrected chi connectivity index (χ0v) is 27.5. The van der Waals surface area contributed by atoms with Crippen LogP contribution in [0.25, 0.3) is 32.7 Å². The number of rotatable bonds is 1. The Labute approximate surface area is 343 Å². The maximum Gasteiger partial charge on any atom is 0.124 e. The van der Waals surface area contributed by atoms with Gasteiger partial charge in [-0.3, -0.25) is 0 Å². The van der Waals surface area contributed by atoms with Crippen molar-refractivity contribution in [2.45, 2.75) is 79.1 Å². The van der Waals surface area contributed by atoms with Crippen molar-refractivity contribution in [2.24, 2.45) is 29.1 Å². The van der Waals surface area contributed by atoms with E-state index in [1.54, 1.807) is 37.8 Å². The van der Waals surface area contributed by atoms with Crippen LogP contribution in [-0.2, 0) is 0 Å². The van der Waals surface area contributed by atoms with Gasteiger partial charge in [-0.15, -0.1) is 0 Å². The maximum absolute atomic E-state index is 10.4. The minimum Gasteiger partial charge on any atom is -0.507 e. The van der Waals surface area contributed by atoms with Gasteiger partial charge in [0, 0.05) is 124 Å². The number of hydrogen-bond donors (Lipinski definition) is 2. The van der Waals surface area contributed by atoms with Gasteiger partial charge in [0.2, 0.25) is 0 Å². The number of phenols is 2. The summed E-state index contributed by atoms with van der Waals surface area (Å²) in [5, 5.41) is 24.8. The van der Waals surface area contributed by atoms with E-state index in [9.17, 15) is 10.2 Å². The van der Waals surface area contributed by atoms with Crippen molar-refractivity contribution in [3.63, 3.8) is 0 Å². The third-order valence-electron chi connectivity index (χ3n) is 10.2. The van der Waals surface area contributed by atoms with E-state index in [1.165, 1.54) is 25.7 Å². The molecule has 230 valence electrons. The first kappa shape index (κ1) is 39.0. The average Bonchev–Trinajstić information content (AvgIpc) is 3.22. The molecular weight excluding hydrogens is 596 g/mol. The van der Waals surface area contributed by atoms with Gasteiger partial charge in [-0.25, -0.2) is 0 Å². The zero-order chi connectivity index (χ0) is 27.6. The molecule has 0 bridgehead atoms. The van der Waals surface area contributed by atoms with Crippen molar-refractivity contribution in [1.82, 2.24) is 0 Å². The molecule has 42 heavy (non-hydrogen) atoms. The van der Waals surface area contributed by atoms with Gasteiger partial charge in [-0.05, 0) is 88.4 Å². The largest absolute Gasteiger partial charge is 0.507 e. The second-order valence-corrected chi connectivity index (χ2v) is 12.3. The summed E-state index contributed by atoms with van der Waals surface area (Å²) in [5.74, 6) is 4.76. The maximum atomic E-state index is 10.4. The molecule has 4 atom stereocenters. The quantitative estimate of drug-likeness (QED) is 0.217. The first-order chi connectivity index (χ1) is 19.0. The van der Waals surface area contributed by atoms with Crippen molar-refractivity contribution in [3.8, 4) is 22.6 Å². The van der Waals surface area contributed by atoms with Gasteiger partial charge in [0.25, 0.3) is 0 Å². The van der Waals surface area contributed by atoms with E-state index < -0.39 is 0 Å². The van der Waals surface area contributed by atoms with E-state index in [2.05, 4.69) is 13.8 Å². The normalized spacial score (nSPS) is 23.2. The fourth-order valence-corrected chi connectivity index (χ4v) is 8.51. The van der Waals surface area contributed by atoms with Crippen LogP contribution in [0.3, 0.4) is 0 Å². The van der Waals surface area contributed by atoms with E-state index in [0.29, 0.717) is 16.5 Å². The van der Waals surface area contributed by atoms with Gasteiger partial charge in [0.1, 0.15) is 11.5 Å². The number of benzene rings is 4. The topological polar surface area (TPSA) is 40.5 Å². The zero-order valence-electron chi connectivity index (χ0n) is 25.3. The van der Waals surface area contributed by atoms with Gasteiger partial charge in [-0.2, -0.15) is 0 Å². The predicted molar refractivity (Wildman–Crippen MR) is 166 cm³/mol. The summed E-state index contributed by atoms with van der Waals surface area (Å²) in [6.45, 7) is 9.18. The summed E-state index contributed by atoms with van der Waals surface area (Å²) in [4.78, 5) is 0. The molecule has 4 unspecified atom stereocenters. The Balaban J connectivity index is 0.000000273. The van der Waals surface area contributed by atoms with Crippen LogP contribution in [0.1, 0.15) is 79.1 Å².